The minimum absolute atomic E-state index is 0.0411. The van der Waals surface area contributed by atoms with Gasteiger partial charge in [0.2, 0.25) is 0 Å². The van der Waals surface area contributed by atoms with Gasteiger partial charge in [0.05, 0.1) is 6.61 Å². The summed E-state index contributed by atoms with van der Waals surface area (Å²) in [5, 5.41) is 0.0411. The van der Waals surface area contributed by atoms with Gasteiger partial charge in [-0.2, -0.15) is 4.31 Å². The maximum absolute atomic E-state index is 12.2. The molecule has 0 atom stereocenters. The van der Waals surface area contributed by atoms with Crippen molar-refractivity contribution in [3.8, 4) is 0 Å². The molecule has 0 spiro atoms. The molecule has 1 aromatic rings. The Morgan fingerprint density at radius 2 is 2.20 bits per heavy atom. The smallest absolute Gasteiger partial charge is 0.260 e. The quantitative estimate of drug-likeness (QED) is 0.710. The van der Waals surface area contributed by atoms with E-state index in [1.165, 1.54) is 36.5 Å². The molecule has 1 fully saturated rings. The number of aromatic nitrogens is 1. The summed E-state index contributed by atoms with van der Waals surface area (Å²) in [7, 11) is -2.01. The van der Waals surface area contributed by atoms with Gasteiger partial charge in [-0.1, -0.05) is 6.07 Å². The van der Waals surface area contributed by atoms with E-state index in [1.807, 2.05) is 0 Å². The number of nitrogens with two attached hydrogens (primary N) is 1. The summed E-state index contributed by atoms with van der Waals surface area (Å²) in [6.45, 7) is 1.82. The molecule has 2 rings (SSSR count). The van der Waals surface area contributed by atoms with Gasteiger partial charge in [0.25, 0.3) is 10.0 Å². The summed E-state index contributed by atoms with van der Waals surface area (Å²) in [5.41, 5.74) is 6.27. The molecule has 0 bridgehead atoms. The molecular weight excluding hydrogens is 278 g/mol. The summed E-state index contributed by atoms with van der Waals surface area (Å²) in [6.07, 6.45) is 3.95. The van der Waals surface area contributed by atoms with Gasteiger partial charge in [0.1, 0.15) is 0 Å². The molecule has 112 valence electrons. The van der Waals surface area contributed by atoms with Crippen molar-refractivity contribution in [2.24, 2.45) is 11.7 Å². The van der Waals surface area contributed by atoms with Gasteiger partial charge < -0.3 is 10.5 Å². The van der Waals surface area contributed by atoms with Crippen molar-refractivity contribution < 1.29 is 13.2 Å². The van der Waals surface area contributed by atoms with Gasteiger partial charge in [-0.05, 0) is 30.4 Å². The van der Waals surface area contributed by atoms with Crippen LogP contribution in [0.15, 0.2) is 23.4 Å². The second kappa shape index (κ2) is 6.62. The lowest BCUT2D eigenvalue weighted by Gasteiger charge is -2.16. The Bertz CT molecular complexity index is 526. The Balaban J connectivity index is 1.89. The number of hydrogen-bond donors (Lipinski definition) is 1. The van der Waals surface area contributed by atoms with Crippen molar-refractivity contribution in [2.75, 3.05) is 26.8 Å². The highest BCUT2D eigenvalue weighted by Crippen LogP contribution is 2.28. The first-order valence-corrected chi connectivity index (χ1v) is 8.17. The topological polar surface area (TPSA) is 85.5 Å². The average molecular weight is 299 g/mol. The number of ether oxygens (including phenoxy) is 1. The van der Waals surface area contributed by atoms with Gasteiger partial charge in [0.15, 0.2) is 5.03 Å². The monoisotopic (exact) mass is 299 g/mol. The summed E-state index contributed by atoms with van der Waals surface area (Å²) in [4.78, 5) is 3.96. The van der Waals surface area contributed by atoms with E-state index in [0.29, 0.717) is 25.6 Å². The van der Waals surface area contributed by atoms with Gasteiger partial charge in [0, 0.05) is 32.9 Å². The molecule has 0 aromatic carbocycles. The van der Waals surface area contributed by atoms with Gasteiger partial charge in [-0.3, -0.25) is 0 Å². The fourth-order valence-electron chi connectivity index (χ4n) is 1.69. The van der Waals surface area contributed by atoms with E-state index in [0.717, 1.165) is 12.2 Å². The number of pyridine rings is 1. The minimum Gasteiger partial charge on any atom is -0.380 e. The van der Waals surface area contributed by atoms with E-state index in [2.05, 4.69) is 4.98 Å². The zero-order valence-electron chi connectivity index (χ0n) is 11.7. The second-order valence-electron chi connectivity index (χ2n) is 5.05. The number of sulfonamides is 1. The summed E-state index contributed by atoms with van der Waals surface area (Å²) in [5.74, 6) is 0.683. The number of rotatable bonds is 8. The molecule has 2 N–H and O–H groups in total. The first-order chi connectivity index (χ1) is 9.54. The van der Waals surface area contributed by atoms with E-state index < -0.39 is 10.0 Å². The zero-order chi connectivity index (χ0) is 14.6. The largest absolute Gasteiger partial charge is 0.380 e. The molecule has 1 aliphatic carbocycles. The van der Waals surface area contributed by atoms with Crippen LogP contribution in [-0.2, 0) is 21.3 Å². The lowest BCUT2D eigenvalue weighted by atomic mass is 10.3. The highest BCUT2D eigenvalue weighted by Gasteiger charge is 2.23. The number of likely N-dealkylation sites (N-methyl/N-ethyl adjacent to an activating group) is 1. The lowest BCUT2D eigenvalue weighted by molar-refractivity contribution is 0.117. The van der Waals surface area contributed by atoms with E-state index in [9.17, 15) is 8.42 Å². The van der Waals surface area contributed by atoms with Crippen LogP contribution >= 0.6 is 0 Å². The Hall–Kier alpha value is -1.02. The third-order valence-electron chi connectivity index (χ3n) is 3.31. The van der Waals surface area contributed by atoms with Crippen LogP contribution in [-0.4, -0.2) is 44.5 Å². The number of hydrogen-bond acceptors (Lipinski definition) is 5. The fraction of sp³-hybridized carbons (Fsp3) is 0.615. The first kappa shape index (κ1) is 15.4. The summed E-state index contributed by atoms with van der Waals surface area (Å²) < 4.78 is 31.2. The first-order valence-electron chi connectivity index (χ1n) is 6.73. The standard InChI is InChI=1S/C13H21N3O3S/c1-16(6-7-19-10-11-2-3-11)20(17,18)13-5-4-12(8-14)9-15-13/h4-5,9,11H,2-3,6-8,10,14H2,1H3. The van der Waals surface area contributed by atoms with Crippen molar-refractivity contribution in [3.63, 3.8) is 0 Å². The summed E-state index contributed by atoms with van der Waals surface area (Å²) in [6, 6.07) is 3.16. The van der Waals surface area contributed by atoms with E-state index >= 15 is 0 Å². The van der Waals surface area contributed by atoms with E-state index in [-0.39, 0.29) is 5.03 Å². The van der Waals surface area contributed by atoms with Crippen LogP contribution in [0.3, 0.4) is 0 Å². The Kier molecular flexibility index (Phi) is 5.09. The van der Waals surface area contributed by atoms with Gasteiger partial charge >= 0.3 is 0 Å². The molecule has 0 saturated heterocycles. The highest BCUT2D eigenvalue weighted by molar-refractivity contribution is 7.89. The predicted octanol–water partition coefficient (Wildman–Crippen LogP) is 0.587. The molecule has 0 aliphatic heterocycles. The zero-order valence-corrected chi connectivity index (χ0v) is 12.5. The molecule has 1 aliphatic rings. The maximum atomic E-state index is 12.2. The molecular formula is C13H21N3O3S. The van der Waals surface area contributed by atoms with Crippen molar-refractivity contribution in [1.82, 2.24) is 9.29 Å². The Morgan fingerprint density at radius 1 is 1.45 bits per heavy atom. The minimum atomic E-state index is -3.55. The van der Waals surface area contributed by atoms with Crippen LogP contribution in [0, 0.1) is 5.92 Å². The van der Waals surface area contributed by atoms with Crippen molar-refractivity contribution in [2.45, 2.75) is 24.4 Å². The van der Waals surface area contributed by atoms with Crippen molar-refractivity contribution in [3.05, 3.63) is 23.9 Å². The van der Waals surface area contributed by atoms with Crippen molar-refractivity contribution >= 4 is 10.0 Å². The van der Waals surface area contributed by atoms with Crippen LogP contribution in [0.4, 0.5) is 0 Å². The molecule has 0 amide bonds. The number of nitrogens with zero attached hydrogens (tertiary/aromatic N) is 2. The van der Waals surface area contributed by atoms with Crippen LogP contribution < -0.4 is 5.73 Å². The highest BCUT2D eigenvalue weighted by atomic mass is 32.2. The predicted molar refractivity (Wildman–Crippen MR) is 75.5 cm³/mol. The molecule has 20 heavy (non-hydrogen) atoms. The van der Waals surface area contributed by atoms with Crippen LogP contribution in [0.5, 0.6) is 0 Å². The molecule has 0 radical (unpaired) electrons. The molecule has 7 heteroatoms. The summed E-state index contributed by atoms with van der Waals surface area (Å²) >= 11 is 0. The van der Waals surface area contributed by atoms with Gasteiger partial charge in [-0.25, -0.2) is 13.4 Å². The van der Waals surface area contributed by atoms with E-state index in [1.54, 1.807) is 6.07 Å². The van der Waals surface area contributed by atoms with Crippen LogP contribution in [0.1, 0.15) is 18.4 Å². The molecule has 0 unspecified atom stereocenters. The second-order valence-corrected chi connectivity index (χ2v) is 7.05. The molecule has 6 nitrogen and oxygen atoms in total. The van der Waals surface area contributed by atoms with Crippen molar-refractivity contribution in [1.29, 1.82) is 0 Å². The fourth-order valence-corrected chi connectivity index (χ4v) is 2.75. The Labute approximate surface area is 120 Å². The third kappa shape index (κ3) is 3.99. The molecule has 1 aromatic heterocycles. The average Bonchev–Trinajstić information content (AvgIpc) is 3.27. The SMILES string of the molecule is CN(CCOCC1CC1)S(=O)(=O)c1ccc(CN)cn1. The molecule has 1 saturated carbocycles. The van der Waals surface area contributed by atoms with E-state index in [4.69, 9.17) is 10.5 Å². The lowest BCUT2D eigenvalue weighted by Crippen LogP contribution is -2.31. The normalized spacial score (nSPS) is 15.8. The molecule has 1 heterocycles. The maximum Gasteiger partial charge on any atom is 0.260 e. The van der Waals surface area contributed by atoms with Crippen LogP contribution in [0.25, 0.3) is 0 Å². The third-order valence-corrected chi connectivity index (χ3v) is 5.08. The van der Waals surface area contributed by atoms with Crippen LogP contribution in [0.2, 0.25) is 0 Å². The van der Waals surface area contributed by atoms with Gasteiger partial charge in [-0.15, -0.1) is 0 Å². The Morgan fingerprint density at radius 3 is 2.75 bits per heavy atom.